The molecule has 0 spiro atoms. The molecule has 0 saturated carbocycles. The first kappa shape index (κ1) is 30.2. The van der Waals surface area contributed by atoms with Crippen LogP contribution in [0.2, 0.25) is 0 Å². The molecule has 0 fully saturated rings. The van der Waals surface area contributed by atoms with E-state index in [1.54, 1.807) is 0 Å². The number of hydrogen-bond acceptors (Lipinski definition) is 0. The van der Waals surface area contributed by atoms with Crippen LogP contribution < -0.4 is 50.9 Å². The van der Waals surface area contributed by atoms with Crippen LogP contribution in [-0.4, -0.2) is 19.5 Å². The largest absolute Gasteiger partial charge is 3.00 e. The normalized spacial score (nSPS) is 10.1. The van der Waals surface area contributed by atoms with Gasteiger partial charge >= 0.3 is 26.2 Å². The molecule has 117 valence electrons. The van der Waals surface area contributed by atoms with Crippen LogP contribution in [0.15, 0.2) is 48.6 Å². The molecule has 1 aromatic rings. The van der Waals surface area contributed by atoms with Crippen molar-refractivity contribution < 1.29 is 77.1 Å². The van der Waals surface area contributed by atoms with Crippen molar-refractivity contribution in [1.82, 2.24) is 0 Å². The topological polar surface area (TPSA) is 0 Å². The minimum atomic E-state index is 0. The standard InChI is InChI=1S/C11H16P.C5H5.3BrH.Zr/c1-10(9-12(2)3)11-7-5-4-6-8-11;1-2-4-5-3-1;;;;/h4-8H,9H2,1-3H3;1-3H,4H2;3*1H;/q2*-1;;;;+3/p-3. The van der Waals surface area contributed by atoms with Gasteiger partial charge in [0.05, 0.1) is 0 Å². The Hall–Kier alpha value is 1.32. The third-order valence-electron chi connectivity index (χ3n) is 2.41. The predicted molar refractivity (Wildman–Crippen MR) is 79.7 cm³/mol. The minimum Gasteiger partial charge on any atom is -1.00 e. The average Bonchev–Trinajstić information content (AvgIpc) is 2.88. The maximum atomic E-state index is 2.99. The van der Waals surface area contributed by atoms with Crippen LogP contribution in [0.1, 0.15) is 18.9 Å². The van der Waals surface area contributed by atoms with Gasteiger partial charge in [0.1, 0.15) is 0 Å². The van der Waals surface area contributed by atoms with Crippen LogP contribution in [0, 0.1) is 12.0 Å². The summed E-state index contributed by atoms with van der Waals surface area (Å²) < 4.78 is 0. The van der Waals surface area contributed by atoms with Gasteiger partial charge in [0.25, 0.3) is 0 Å². The van der Waals surface area contributed by atoms with Gasteiger partial charge in [-0.3, -0.25) is 6.08 Å². The van der Waals surface area contributed by atoms with Crippen LogP contribution in [0.3, 0.4) is 0 Å². The van der Waals surface area contributed by atoms with E-state index >= 15 is 0 Å². The van der Waals surface area contributed by atoms with E-state index in [0.29, 0.717) is 0 Å². The van der Waals surface area contributed by atoms with E-state index in [2.05, 4.69) is 62.7 Å². The van der Waals surface area contributed by atoms with E-state index in [1.165, 1.54) is 17.6 Å². The summed E-state index contributed by atoms with van der Waals surface area (Å²) in [5.74, 6) is 1.52. The van der Waals surface area contributed by atoms with Crippen molar-refractivity contribution >= 4 is 7.92 Å². The predicted octanol–water partition coefficient (Wildman–Crippen LogP) is -4.31. The van der Waals surface area contributed by atoms with Gasteiger partial charge in [-0.15, -0.1) is 26.5 Å². The van der Waals surface area contributed by atoms with E-state index in [1.807, 2.05) is 12.2 Å². The summed E-state index contributed by atoms with van der Waals surface area (Å²) in [4.78, 5) is 0. The van der Waals surface area contributed by atoms with E-state index in [4.69, 9.17) is 0 Å². The number of benzene rings is 1. The van der Waals surface area contributed by atoms with Crippen molar-refractivity contribution in [3.63, 3.8) is 0 Å². The summed E-state index contributed by atoms with van der Waals surface area (Å²) in [6.45, 7) is 6.88. The summed E-state index contributed by atoms with van der Waals surface area (Å²) in [6, 6.07) is 10.7. The fourth-order valence-corrected chi connectivity index (χ4v) is 2.76. The van der Waals surface area contributed by atoms with Crippen LogP contribution in [0.25, 0.3) is 0 Å². The maximum absolute atomic E-state index is 2.99. The zero-order valence-corrected chi connectivity index (χ0v) is 20.7. The molecule has 0 heterocycles. The summed E-state index contributed by atoms with van der Waals surface area (Å²) in [6.07, 6.45) is 11.3. The Morgan fingerprint density at radius 3 is 2.00 bits per heavy atom. The molecule has 0 unspecified atom stereocenters. The second-order valence-corrected chi connectivity index (χ2v) is 6.86. The minimum absolute atomic E-state index is 0. The second kappa shape index (κ2) is 19.4. The molecule has 5 heteroatoms. The third kappa shape index (κ3) is 16.0. The smallest absolute Gasteiger partial charge is 1.00 e. The van der Waals surface area contributed by atoms with E-state index in [0.717, 1.165) is 6.42 Å². The van der Waals surface area contributed by atoms with Crippen LogP contribution >= 0.6 is 7.92 Å². The molecule has 21 heavy (non-hydrogen) atoms. The summed E-state index contributed by atoms with van der Waals surface area (Å²) >= 11 is 0. The van der Waals surface area contributed by atoms with Crippen molar-refractivity contribution in [2.45, 2.75) is 13.3 Å². The molecule has 0 atom stereocenters. The zero-order valence-electron chi connectivity index (χ0n) is 12.6. The zero-order chi connectivity index (χ0) is 12.5. The van der Waals surface area contributed by atoms with Crippen molar-refractivity contribution in [2.75, 3.05) is 19.5 Å². The maximum Gasteiger partial charge on any atom is 3.00 e. The SMILES string of the molecule is C[C-](CP(C)C)c1ccccc1.[Br-].[Br-].[Br-].[C-]1=CC=CC1.[Zr+3]. The fourth-order valence-electron chi connectivity index (χ4n) is 1.63. The molecule has 0 saturated heterocycles. The van der Waals surface area contributed by atoms with E-state index in [9.17, 15) is 0 Å². The summed E-state index contributed by atoms with van der Waals surface area (Å²) in [7, 11) is 0.199. The van der Waals surface area contributed by atoms with Crippen molar-refractivity contribution in [1.29, 1.82) is 0 Å². The number of halogens is 3. The van der Waals surface area contributed by atoms with Gasteiger partial charge < -0.3 is 50.9 Å². The Morgan fingerprint density at radius 1 is 1.10 bits per heavy atom. The average molecular weight is 575 g/mol. The molecule has 1 radical (unpaired) electrons. The number of hydrogen-bond donors (Lipinski definition) is 0. The van der Waals surface area contributed by atoms with Crippen molar-refractivity contribution in [3.8, 4) is 0 Å². The van der Waals surface area contributed by atoms with Gasteiger partial charge in [0.2, 0.25) is 0 Å². The molecule has 1 aliphatic carbocycles. The molecule has 0 aliphatic heterocycles. The first-order valence-corrected chi connectivity index (χ1v) is 8.36. The Labute approximate surface area is 182 Å². The van der Waals surface area contributed by atoms with Gasteiger partial charge in [0, 0.05) is 0 Å². The van der Waals surface area contributed by atoms with Gasteiger partial charge in [0.15, 0.2) is 0 Å². The third-order valence-corrected chi connectivity index (χ3v) is 3.51. The quantitative estimate of drug-likeness (QED) is 0.253. The van der Waals surface area contributed by atoms with Crippen molar-refractivity contribution in [3.05, 3.63) is 66.1 Å². The Morgan fingerprint density at radius 2 is 1.67 bits per heavy atom. The molecule has 0 aromatic heterocycles. The van der Waals surface area contributed by atoms with Crippen LogP contribution in [-0.2, 0) is 26.2 Å². The summed E-state index contributed by atoms with van der Waals surface area (Å²) in [5.41, 5.74) is 1.40. The Bertz CT molecular complexity index is 357. The van der Waals surface area contributed by atoms with Crippen LogP contribution in [0.4, 0.5) is 0 Å². The first-order valence-electron chi connectivity index (χ1n) is 5.94. The molecule has 0 N–H and O–H groups in total. The molecule has 2 rings (SSSR count). The van der Waals surface area contributed by atoms with Crippen molar-refractivity contribution in [2.24, 2.45) is 0 Å². The van der Waals surface area contributed by atoms with Gasteiger partial charge in [-0.2, -0.15) is 29.7 Å². The molecular weight excluding hydrogens is 554 g/mol. The van der Waals surface area contributed by atoms with Gasteiger partial charge in [-0.25, -0.2) is 12.2 Å². The van der Waals surface area contributed by atoms with Crippen LogP contribution in [0.5, 0.6) is 0 Å². The molecule has 1 aliphatic rings. The van der Waals surface area contributed by atoms with Gasteiger partial charge in [-0.05, 0) is 13.3 Å². The van der Waals surface area contributed by atoms with Gasteiger partial charge in [-0.1, -0.05) is 19.2 Å². The Kier molecular flexibility index (Phi) is 27.9. The molecule has 1 aromatic carbocycles. The first-order chi connectivity index (χ1) is 8.20. The molecule has 0 amide bonds. The van der Waals surface area contributed by atoms with E-state index in [-0.39, 0.29) is 85.1 Å². The number of allylic oxidation sites excluding steroid dienone is 4. The molecule has 0 bridgehead atoms. The number of rotatable bonds is 3. The molecular formula is C16H21Br3PZr-2. The Balaban J connectivity index is -0.000000140. The monoisotopic (exact) mass is 571 g/mol. The fraction of sp³-hybridized carbons (Fsp3) is 0.312. The van der Waals surface area contributed by atoms with E-state index < -0.39 is 0 Å². The second-order valence-electron chi connectivity index (χ2n) is 4.39. The molecule has 0 nitrogen and oxygen atoms in total. The summed E-state index contributed by atoms with van der Waals surface area (Å²) in [5, 5.41) is 0.